The molecule has 0 spiro atoms. The summed E-state index contributed by atoms with van der Waals surface area (Å²) in [6.07, 6.45) is 0.770. The van der Waals surface area contributed by atoms with Gasteiger partial charge in [0.05, 0.1) is 5.41 Å². The van der Waals surface area contributed by atoms with Crippen LogP contribution in [0.5, 0.6) is 0 Å². The van der Waals surface area contributed by atoms with Crippen molar-refractivity contribution < 1.29 is 9.90 Å². The first-order chi connectivity index (χ1) is 9.10. The summed E-state index contributed by atoms with van der Waals surface area (Å²) in [5.74, 6) is 1.43. The zero-order valence-electron chi connectivity index (χ0n) is 11.3. The molecular weight excluding hydrogens is 258 g/mol. The maximum atomic E-state index is 11.2. The molecule has 1 aliphatic heterocycles. The Morgan fingerprint density at radius 2 is 2.16 bits per heavy atom. The quantitative estimate of drug-likeness (QED) is 0.813. The lowest BCUT2D eigenvalue weighted by Gasteiger charge is -2.19. The Balaban J connectivity index is 1.66. The average molecular weight is 279 g/mol. The molecule has 1 N–H and O–H groups in total. The van der Waals surface area contributed by atoms with Crippen molar-refractivity contribution >= 4 is 17.7 Å². The normalized spacial score (nSPS) is 23.6. The van der Waals surface area contributed by atoms with Gasteiger partial charge in [-0.3, -0.25) is 4.79 Å². The number of carboxylic acids is 1. The van der Waals surface area contributed by atoms with E-state index in [1.165, 1.54) is 5.56 Å². The van der Waals surface area contributed by atoms with E-state index < -0.39 is 11.4 Å². The summed E-state index contributed by atoms with van der Waals surface area (Å²) in [6.45, 7) is 4.44. The first-order valence-corrected chi connectivity index (χ1v) is 7.83. The van der Waals surface area contributed by atoms with Crippen LogP contribution >= 0.6 is 11.8 Å². The van der Waals surface area contributed by atoms with Gasteiger partial charge in [-0.15, -0.1) is 0 Å². The Morgan fingerprint density at radius 3 is 2.79 bits per heavy atom. The van der Waals surface area contributed by atoms with Crippen molar-refractivity contribution in [3.63, 3.8) is 0 Å². The molecule has 0 aromatic heterocycles. The standard InChI is InChI=1S/C15H21NO2S/c1-15(14(17)18)7-8-16(12-15)9-10-19-11-13-5-3-2-4-6-13/h2-6H,7-12H2,1H3,(H,17,18). The minimum Gasteiger partial charge on any atom is -0.481 e. The van der Waals surface area contributed by atoms with E-state index in [1.807, 2.05) is 24.8 Å². The van der Waals surface area contributed by atoms with E-state index in [9.17, 15) is 9.90 Å². The summed E-state index contributed by atoms with van der Waals surface area (Å²) < 4.78 is 0. The number of hydrogen-bond acceptors (Lipinski definition) is 3. The zero-order chi connectivity index (χ0) is 13.7. The highest BCUT2D eigenvalue weighted by molar-refractivity contribution is 7.98. The minimum atomic E-state index is -0.660. The molecule has 3 nitrogen and oxygen atoms in total. The number of likely N-dealkylation sites (tertiary alicyclic amines) is 1. The summed E-state index contributed by atoms with van der Waals surface area (Å²) in [7, 11) is 0. The number of rotatable bonds is 6. The van der Waals surface area contributed by atoms with Crippen molar-refractivity contribution in [1.82, 2.24) is 4.90 Å². The van der Waals surface area contributed by atoms with Crippen molar-refractivity contribution in [2.24, 2.45) is 5.41 Å². The SMILES string of the molecule is CC1(C(=O)O)CCN(CCSCc2ccccc2)C1. The van der Waals surface area contributed by atoms with E-state index in [0.717, 1.165) is 31.0 Å². The molecule has 2 rings (SSSR count). The van der Waals surface area contributed by atoms with Crippen molar-refractivity contribution in [3.05, 3.63) is 35.9 Å². The zero-order valence-corrected chi connectivity index (χ0v) is 12.2. The average Bonchev–Trinajstić information content (AvgIpc) is 2.79. The van der Waals surface area contributed by atoms with Crippen LogP contribution in [0.2, 0.25) is 0 Å². The molecule has 0 aliphatic carbocycles. The fourth-order valence-corrected chi connectivity index (χ4v) is 3.34. The summed E-state index contributed by atoms with van der Waals surface area (Å²) in [6, 6.07) is 10.4. The third-order valence-electron chi connectivity index (χ3n) is 3.73. The fraction of sp³-hybridized carbons (Fsp3) is 0.533. The van der Waals surface area contributed by atoms with Gasteiger partial charge in [0.15, 0.2) is 0 Å². The number of nitrogens with zero attached hydrogens (tertiary/aromatic N) is 1. The number of carbonyl (C=O) groups is 1. The lowest BCUT2D eigenvalue weighted by atomic mass is 9.90. The van der Waals surface area contributed by atoms with Gasteiger partial charge in [0.1, 0.15) is 0 Å². The molecule has 1 aromatic carbocycles. The van der Waals surface area contributed by atoms with Crippen molar-refractivity contribution in [2.45, 2.75) is 19.1 Å². The number of benzene rings is 1. The molecule has 4 heteroatoms. The molecule has 0 radical (unpaired) electrons. The summed E-state index contributed by atoms with van der Waals surface area (Å²) >= 11 is 1.91. The van der Waals surface area contributed by atoms with Gasteiger partial charge in [-0.25, -0.2) is 0 Å². The van der Waals surface area contributed by atoms with E-state index in [1.54, 1.807) is 0 Å². The van der Waals surface area contributed by atoms with Gasteiger partial charge in [0.2, 0.25) is 0 Å². The Morgan fingerprint density at radius 1 is 1.42 bits per heavy atom. The molecule has 104 valence electrons. The Kier molecular flexibility index (Phi) is 4.88. The van der Waals surface area contributed by atoms with Gasteiger partial charge in [-0.2, -0.15) is 11.8 Å². The van der Waals surface area contributed by atoms with Crippen LogP contribution in [0.25, 0.3) is 0 Å². The van der Waals surface area contributed by atoms with E-state index in [4.69, 9.17) is 0 Å². The third kappa shape index (κ3) is 3.98. The Labute approximate surface area is 119 Å². The smallest absolute Gasteiger partial charge is 0.310 e. The lowest BCUT2D eigenvalue weighted by molar-refractivity contribution is -0.147. The van der Waals surface area contributed by atoms with E-state index in [-0.39, 0.29) is 0 Å². The van der Waals surface area contributed by atoms with Crippen LogP contribution in [0.3, 0.4) is 0 Å². The second-order valence-electron chi connectivity index (χ2n) is 5.43. The fourth-order valence-electron chi connectivity index (χ4n) is 2.38. The van der Waals surface area contributed by atoms with Gasteiger partial charge in [0, 0.05) is 24.6 Å². The molecule has 0 saturated carbocycles. The maximum absolute atomic E-state index is 11.2. The first-order valence-electron chi connectivity index (χ1n) is 6.68. The highest BCUT2D eigenvalue weighted by atomic mass is 32.2. The molecule has 0 amide bonds. The summed E-state index contributed by atoms with van der Waals surface area (Å²) in [5, 5.41) is 9.18. The number of carboxylic acid groups (broad SMARTS) is 1. The predicted molar refractivity (Wildman–Crippen MR) is 79.4 cm³/mol. The van der Waals surface area contributed by atoms with Crippen molar-refractivity contribution in [3.8, 4) is 0 Å². The van der Waals surface area contributed by atoms with Gasteiger partial charge < -0.3 is 10.0 Å². The molecule has 0 bridgehead atoms. The molecule has 1 fully saturated rings. The number of thioether (sulfide) groups is 1. The van der Waals surface area contributed by atoms with E-state index in [0.29, 0.717) is 6.54 Å². The topological polar surface area (TPSA) is 40.5 Å². The van der Waals surface area contributed by atoms with Crippen LogP contribution in [0.15, 0.2) is 30.3 Å². The summed E-state index contributed by atoms with van der Waals surface area (Å²) in [4.78, 5) is 13.4. The predicted octanol–water partition coefficient (Wildman–Crippen LogP) is 2.72. The lowest BCUT2D eigenvalue weighted by Crippen LogP contribution is -2.32. The highest BCUT2D eigenvalue weighted by Crippen LogP contribution is 2.30. The first kappa shape index (κ1) is 14.4. The largest absolute Gasteiger partial charge is 0.481 e. The van der Waals surface area contributed by atoms with Crippen LogP contribution in [-0.2, 0) is 10.5 Å². The molecule has 1 heterocycles. The monoisotopic (exact) mass is 279 g/mol. The molecule has 19 heavy (non-hydrogen) atoms. The second-order valence-corrected chi connectivity index (χ2v) is 6.54. The van der Waals surface area contributed by atoms with Gasteiger partial charge in [0.25, 0.3) is 0 Å². The van der Waals surface area contributed by atoms with Crippen LogP contribution in [0.4, 0.5) is 0 Å². The maximum Gasteiger partial charge on any atom is 0.310 e. The summed E-state index contributed by atoms with van der Waals surface area (Å²) in [5.41, 5.74) is 0.814. The second kappa shape index (κ2) is 6.44. The van der Waals surface area contributed by atoms with Crippen LogP contribution in [0, 0.1) is 5.41 Å². The molecule has 1 unspecified atom stereocenters. The molecule has 1 aliphatic rings. The Bertz CT molecular complexity index is 423. The van der Waals surface area contributed by atoms with E-state index in [2.05, 4.69) is 29.2 Å². The minimum absolute atomic E-state index is 0.538. The van der Waals surface area contributed by atoms with Crippen LogP contribution < -0.4 is 0 Å². The molecule has 1 atom stereocenters. The van der Waals surface area contributed by atoms with Crippen LogP contribution in [0.1, 0.15) is 18.9 Å². The van der Waals surface area contributed by atoms with Gasteiger partial charge in [-0.1, -0.05) is 30.3 Å². The van der Waals surface area contributed by atoms with E-state index >= 15 is 0 Å². The third-order valence-corrected chi connectivity index (χ3v) is 4.74. The number of hydrogen-bond donors (Lipinski definition) is 1. The van der Waals surface area contributed by atoms with Crippen molar-refractivity contribution in [2.75, 3.05) is 25.4 Å². The Hall–Kier alpha value is -1.00. The van der Waals surface area contributed by atoms with Crippen molar-refractivity contribution in [1.29, 1.82) is 0 Å². The molecular formula is C15H21NO2S. The molecule has 1 aromatic rings. The van der Waals surface area contributed by atoms with Crippen LogP contribution in [-0.4, -0.2) is 41.4 Å². The number of aliphatic carboxylic acids is 1. The van der Waals surface area contributed by atoms with Gasteiger partial charge >= 0.3 is 5.97 Å². The molecule has 1 saturated heterocycles. The van der Waals surface area contributed by atoms with Gasteiger partial charge in [-0.05, 0) is 25.5 Å². The highest BCUT2D eigenvalue weighted by Gasteiger charge is 2.39.